The van der Waals surface area contributed by atoms with Gasteiger partial charge in [-0.15, -0.1) is 11.7 Å². The van der Waals surface area contributed by atoms with Gasteiger partial charge in [0.2, 0.25) is 0 Å². The SMILES string of the molecule is C=CCn1c(=O)n(C)c(=O)c2nnn(C)c21. The molecule has 7 nitrogen and oxygen atoms in total. The molecule has 0 aliphatic heterocycles. The number of nitrogens with zero attached hydrogens (tertiary/aromatic N) is 5. The Morgan fingerprint density at radius 2 is 2.06 bits per heavy atom. The van der Waals surface area contributed by atoms with Crippen LogP contribution in [0.1, 0.15) is 0 Å². The van der Waals surface area contributed by atoms with Crippen molar-refractivity contribution in [1.29, 1.82) is 0 Å². The number of hydrogen-bond donors (Lipinski definition) is 0. The normalized spacial score (nSPS) is 10.9. The molecule has 0 aromatic carbocycles. The van der Waals surface area contributed by atoms with E-state index >= 15 is 0 Å². The van der Waals surface area contributed by atoms with E-state index in [0.29, 0.717) is 12.2 Å². The van der Waals surface area contributed by atoms with Gasteiger partial charge in [0, 0.05) is 20.6 Å². The van der Waals surface area contributed by atoms with Gasteiger partial charge in [-0.3, -0.25) is 13.9 Å². The zero-order chi connectivity index (χ0) is 11.9. The molecule has 0 fully saturated rings. The molecule has 0 atom stereocenters. The van der Waals surface area contributed by atoms with Crippen LogP contribution in [-0.4, -0.2) is 24.1 Å². The number of aryl methyl sites for hydroxylation is 1. The summed E-state index contributed by atoms with van der Waals surface area (Å²) in [7, 11) is 3.05. The van der Waals surface area contributed by atoms with Crippen LogP contribution < -0.4 is 11.2 Å². The molecule has 2 aromatic rings. The molecule has 0 radical (unpaired) electrons. The Labute approximate surface area is 90.2 Å². The number of aromatic nitrogens is 5. The van der Waals surface area contributed by atoms with E-state index in [1.165, 1.54) is 16.3 Å². The summed E-state index contributed by atoms with van der Waals surface area (Å²) >= 11 is 0. The van der Waals surface area contributed by atoms with Crippen LogP contribution >= 0.6 is 0 Å². The zero-order valence-corrected chi connectivity index (χ0v) is 9.04. The minimum atomic E-state index is -0.437. The third-order valence-electron chi connectivity index (χ3n) is 2.39. The highest BCUT2D eigenvalue weighted by atomic mass is 16.2. The minimum Gasteiger partial charge on any atom is -0.272 e. The first kappa shape index (κ1) is 10.3. The summed E-state index contributed by atoms with van der Waals surface area (Å²) in [5, 5.41) is 7.49. The van der Waals surface area contributed by atoms with Crippen molar-refractivity contribution in [2.45, 2.75) is 6.54 Å². The topological polar surface area (TPSA) is 74.7 Å². The van der Waals surface area contributed by atoms with Crippen molar-refractivity contribution in [2.75, 3.05) is 0 Å². The highest BCUT2D eigenvalue weighted by Crippen LogP contribution is 2.02. The zero-order valence-electron chi connectivity index (χ0n) is 9.04. The molecule has 0 N–H and O–H groups in total. The predicted molar refractivity (Wildman–Crippen MR) is 58.2 cm³/mol. The van der Waals surface area contributed by atoms with Gasteiger partial charge in [-0.2, -0.15) is 0 Å². The molecule has 2 heterocycles. The third kappa shape index (κ3) is 1.21. The maximum absolute atomic E-state index is 11.9. The van der Waals surface area contributed by atoms with E-state index in [2.05, 4.69) is 16.9 Å². The largest absolute Gasteiger partial charge is 0.332 e. The summed E-state index contributed by atoms with van der Waals surface area (Å²) in [6, 6.07) is 0. The fraction of sp³-hybridized carbons (Fsp3) is 0.333. The molecule has 2 rings (SSSR count). The number of rotatable bonds is 2. The van der Waals surface area contributed by atoms with Crippen LogP contribution in [0.5, 0.6) is 0 Å². The smallest absolute Gasteiger partial charge is 0.272 e. The number of hydrogen-bond acceptors (Lipinski definition) is 4. The lowest BCUT2D eigenvalue weighted by Crippen LogP contribution is -2.38. The highest BCUT2D eigenvalue weighted by molar-refractivity contribution is 5.68. The molecule has 16 heavy (non-hydrogen) atoms. The van der Waals surface area contributed by atoms with Crippen molar-refractivity contribution >= 4 is 11.2 Å². The van der Waals surface area contributed by atoms with Crippen molar-refractivity contribution in [3.05, 3.63) is 33.5 Å². The van der Waals surface area contributed by atoms with Gasteiger partial charge in [0.25, 0.3) is 5.56 Å². The van der Waals surface area contributed by atoms with Crippen LogP contribution in [0, 0.1) is 0 Å². The van der Waals surface area contributed by atoms with E-state index in [1.54, 1.807) is 13.1 Å². The summed E-state index contributed by atoms with van der Waals surface area (Å²) < 4.78 is 3.83. The standard InChI is InChI=1S/C9H11N5O2/c1-4-5-14-7-6(10-11-13(7)3)8(15)12(2)9(14)16/h4H,1,5H2,2-3H3. The molecule has 0 amide bonds. The van der Waals surface area contributed by atoms with E-state index in [0.717, 1.165) is 4.57 Å². The molecule has 7 heteroatoms. The average Bonchev–Trinajstić information content (AvgIpc) is 2.64. The first-order valence-corrected chi connectivity index (χ1v) is 4.68. The molecular formula is C9H11N5O2. The van der Waals surface area contributed by atoms with Crippen LogP contribution in [0.4, 0.5) is 0 Å². The summed E-state index contributed by atoms with van der Waals surface area (Å²) in [6.07, 6.45) is 1.58. The van der Waals surface area contributed by atoms with Crippen LogP contribution in [0.25, 0.3) is 11.2 Å². The molecule has 0 saturated carbocycles. The van der Waals surface area contributed by atoms with E-state index < -0.39 is 11.2 Å². The molecule has 0 aliphatic rings. The molecule has 0 spiro atoms. The summed E-state index contributed by atoms with van der Waals surface area (Å²) in [5.41, 5.74) is -0.240. The second kappa shape index (κ2) is 3.44. The molecule has 84 valence electrons. The maximum Gasteiger partial charge on any atom is 0.332 e. The number of allylic oxidation sites excluding steroid dienone is 1. The van der Waals surface area contributed by atoms with E-state index in [9.17, 15) is 9.59 Å². The minimum absolute atomic E-state index is 0.187. The number of fused-ring (bicyclic) bond motifs is 1. The van der Waals surface area contributed by atoms with Gasteiger partial charge >= 0.3 is 5.69 Å². The average molecular weight is 221 g/mol. The Hall–Kier alpha value is -2.18. The van der Waals surface area contributed by atoms with Gasteiger partial charge < -0.3 is 0 Å². The van der Waals surface area contributed by atoms with Gasteiger partial charge in [0.15, 0.2) is 11.2 Å². The van der Waals surface area contributed by atoms with Crippen molar-refractivity contribution in [1.82, 2.24) is 24.1 Å². The van der Waals surface area contributed by atoms with Crippen molar-refractivity contribution in [3.63, 3.8) is 0 Å². The van der Waals surface area contributed by atoms with Gasteiger partial charge in [0.05, 0.1) is 0 Å². The van der Waals surface area contributed by atoms with Crippen molar-refractivity contribution < 1.29 is 0 Å². The van der Waals surface area contributed by atoms with E-state index in [-0.39, 0.29) is 5.52 Å². The molecule has 0 bridgehead atoms. The first-order chi connectivity index (χ1) is 7.57. The Bertz CT molecular complexity index is 675. The molecule has 2 aromatic heterocycles. The van der Waals surface area contributed by atoms with Gasteiger partial charge in [-0.1, -0.05) is 11.3 Å². The van der Waals surface area contributed by atoms with Crippen molar-refractivity contribution in [2.24, 2.45) is 14.1 Å². The predicted octanol–water partition coefficient (Wildman–Crippen LogP) is -0.985. The maximum atomic E-state index is 11.9. The first-order valence-electron chi connectivity index (χ1n) is 4.68. The van der Waals surface area contributed by atoms with Crippen molar-refractivity contribution in [3.8, 4) is 0 Å². The summed E-state index contributed by atoms with van der Waals surface area (Å²) in [6.45, 7) is 3.88. The second-order valence-corrected chi connectivity index (χ2v) is 3.43. The summed E-state index contributed by atoms with van der Waals surface area (Å²) in [4.78, 5) is 23.6. The fourth-order valence-corrected chi connectivity index (χ4v) is 1.60. The van der Waals surface area contributed by atoms with E-state index in [1.807, 2.05) is 0 Å². The summed E-state index contributed by atoms with van der Waals surface area (Å²) in [5.74, 6) is 0. The second-order valence-electron chi connectivity index (χ2n) is 3.43. The monoisotopic (exact) mass is 221 g/mol. The Kier molecular flexibility index (Phi) is 2.22. The third-order valence-corrected chi connectivity index (χ3v) is 2.39. The van der Waals surface area contributed by atoms with Crippen LogP contribution in [0.3, 0.4) is 0 Å². The lowest BCUT2D eigenvalue weighted by molar-refractivity contribution is 0.650. The van der Waals surface area contributed by atoms with Crippen LogP contribution in [0.2, 0.25) is 0 Å². The van der Waals surface area contributed by atoms with Gasteiger partial charge in [0.1, 0.15) is 0 Å². The molecule has 0 saturated heterocycles. The van der Waals surface area contributed by atoms with Crippen LogP contribution in [-0.2, 0) is 20.6 Å². The Morgan fingerprint density at radius 3 is 2.69 bits per heavy atom. The van der Waals surface area contributed by atoms with E-state index in [4.69, 9.17) is 0 Å². The molecular weight excluding hydrogens is 210 g/mol. The molecule has 0 unspecified atom stereocenters. The molecule has 0 aliphatic carbocycles. The quantitative estimate of drug-likeness (QED) is 0.610. The highest BCUT2D eigenvalue weighted by Gasteiger charge is 2.14. The Morgan fingerprint density at radius 1 is 1.38 bits per heavy atom. The Balaban J connectivity index is 3.07. The lowest BCUT2D eigenvalue weighted by atomic mass is 10.5. The van der Waals surface area contributed by atoms with Gasteiger partial charge in [-0.05, 0) is 0 Å². The fourth-order valence-electron chi connectivity index (χ4n) is 1.60. The van der Waals surface area contributed by atoms with Crippen LogP contribution in [0.15, 0.2) is 22.2 Å². The van der Waals surface area contributed by atoms with Gasteiger partial charge in [-0.25, -0.2) is 9.48 Å². The lowest BCUT2D eigenvalue weighted by Gasteiger charge is -2.06.